The van der Waals surface area contributed by atoms with Crippen LogP contribution in [0.4, 0.5) is 0 Å². The molecule has 0 amide bonds. The average molecular weight is 446 g/mol. The maximum absolute atomic E-state index is 5.88. The van der Waals surface area contributed by atoms with E-state index in [9.17, 15) is 0 Å². The van der Waals surface area contributed by atoms with Gasteiger partial charge in [-0.2, -0.15) is 0 Å². The van der Waals surface area contributed by atoms with Crippen molar-refractivity contribution in [2.75, 3.05) is 26.3 Å². The average Bonchev–Trinajstić information content (AvgIpc) is 3.44. The van der Waals surface area contributed by atoms with Crippen LogP contribution in [0.15, 0.2) is 32.2 Å². The highest BCUT2D eigenvalue weighted by Gasteiger charge is 2.20. The van der Waals surface area contributed by atoms with Gasteiger partial charge in [-0.05, 0) is 42.6 Å². The van der Waals surface area contributed by atoms with Gasteiger partial charge in [0.1, 0.15) is 15.7 Å². The molecule has 1 aliphatic rings. The Labute approximate surface area is 180 Å². The molecule has 7 nitrogen and oxygen atoms in total. The predicted molar refractivity (Wildman–Crippen MR) is 115 cm³/mol. The molecule has 5 heterocycles. The lowest BCUT2D eigenvalue weighted by Gasteiger charge is -2.25. The number of aryl methyl sites for hydroxylation is 2. The number of aromatic nitrogens is 4. The summed E-state index contributed by atoms with van der Waals surface area (Å²) in [5, 5.41) is 12.9. The van der Waals surface area contributed by atoms with Crippen molar-refractivity contribution in [3.05, 3.63) is 33.8 Å². The van der Waals surface area contributed by atoms with Gasteiger partial charge in [0.2, 0.25) is 0 Å². The van der Waals surface area contributed by atoms with Crippen LogP contribution in [0.5, 0.6) is 0 Å². The molecule has 5 rings (SSSR count). The zero-order valence-corrected chi connectivity index (χ0v) is 18.5. The summed E-state index contributed by atoms with van der Waals surface area (Å²) in [6, 6.07) is 3.95. The van der Waals surface area contributed by atoms with Crippen LogP contribution < -0.4 is 0 Å². The van der Waals surface area contributed by atoms with E-state index in [1.165, 1.54) is 22.2 Å². The van der Waals surface area contributed by atoms with Crippen LogP contribution in [-0.2, 0) is 11.3 Å². The van der Waals surface area contributed by atoms with Crippen LogP contribution >= 0.6 is 34.4 Å². The number of morpholine rings is 1. The minimum atomic E-state index is 0.494. The van der Waals surface area contributed by atoms with Crippen molar-refractivity contribution in [1.82, 2.24) is 25.1 Å². The topological polar surface area (TPSA) is 77.2 Å². The summed E-state index contributed by atoms with van der Waals surface area (Å²) in [6.45, 7) is 8.28. The monoisotopic (exact) mass is 445 g/mol. The summed E-state index contributed by atoms with van der Waals surface area (Å²) < 4.78 is 11.3. The second-order valence-corrected chi connectivity index (χ2v) is 9.84. The Bertz CT molecular complexity index is 1130. The van der Waals surface area contributed by atoms with E-state index in [-0.39, 0.29) is 0 Å². The molecule has 1 aliphatic heterocycles. The van der Waals surface area contributed by atoms with Gasteiger partial charge < -0.3 is 9.15 Å². The first-order valence-electron chi connectivity index (χ1n) is 9.29. The van der Waals surface area contributed by atoms with Crippen molar-refractivity contribution in [1.29, 1.82) is 0 Å². The molecule has 10 heteroatoms. The van der Waals surface area contributed by atoms with Gasteiger partial charge in [0.25, 0.3) is 11.1 Å². The number of hydrogen-bond acceptors (Lipinski definition) is 10. The Morgan fingerprint density at radius 3 is 2.83 bits per heavy atom. The molecule has 4 aromatic rings. The third-order valence-corrected chi connectivity index (χ3v) is 7.62. The normalized spacial score (nSPS) is 15.4. The molecule has 0 aliphatic carbocycles. The van der Waals surface area contributed by atoms with E-state index in [0.29, 0.717) is 17.7 Å². The molecule has 0 atom stereocenters. The highest BCUT2D eigenvalue weighted by molar-refractivity contribution is 7.99. The van der Waals surface area contributed by atoms with Crippen molar-refractivity contribution in [3.63, 3.8) is 0 Å². The molecule has 1 fully saturated rings. The summed E-state index contributed by atoms with van der Waals surface area (Å²) in [7, 11) is 0. The highest BCUT2D eigenvalue weighted by Crippen LogP contribution is 2.38. The number of thiophene rings is 2. The molecule has 1 saturated heterocycles. The van der Waals surface area contributed by atoms with Crippen LogP contribution in [-0.4, -0.2) is 51.4 Å². The SMILES string of the molecule is Cc1sc2nc(CN3CCOCC3)nc(Sc3nnc(-c4cccs4)o3)c2c1C. The first-order chi connectivity index (χ1) is 14.2. The third kappa shape index (κ3) is 3.95. The maximum atomic E-state index is 5.88. The Morgan fingerprint density at radius 2 is 2.03 bits per heavy atom. The minimum absolute atomic E-state index is 0.494. The minimum Gasteiger partial charge on any atom is -0.410 e. The van der Waals surface area contributed by atoms with Gasteiger partial charge >= 0.3 is 0 Å². The van der Waals surface area contributed by atoms with Gasteiger partial charge in [-0.3, -0.25) is 4.90 Å². The van der Waals surface area contributed by atoms with Gasteiger partial charge in [0.15, 0.2) is 0 Å². The predicted octanol–water partition coefficient (Wildman–Crippen LogP) is 4.40. The number of fused-ring (bicyclic) bond motifs is 1. The number of hydrogen-bond donors (Lipinski definition) is 0. The summed E-state index contributed by atoms with van der Waals surface area (Å²) in [5.41, 5.74) is 1.21. The molecule has 0 radical (unpaired) electrons. The molecular weight excluding hydrogens is 426 g/mol. The molecule has 0 bridgehead atoms. The Morgan fingerprint density at radius 1 is 1.17 bits per heavy atom. The summed E-state index contributed by atoms with van der Waals surface area (Å²) in [5.74, 6) is 1.36. The molecule has 29 heavy (non-hydrogen) atoms. The van der Waals surface area contributed by atoms with E-state index in [1.807, 2.05) is 17.5 Å². The van der Waals surface area contributed by atoms with Crippen LogP contribution in [0.2, 0.25) is 0 Å². The third-order valence-electron chi connectivity index (χ3n) is 4.83. The first-order valence-corrected chi connectivity index (χ1v) is 11.8. The molecule has 150 valence electrons. The van der Waals surface area contributed by atoms with Crippen LogP contribution in [0.25, 0.3) is 21.0 Å². The van der Waals surface area contributed by atoms with Crippen LogP contribution in [0.3, 0.4) is 0 Å². The lowest BCUT2D eigenvalue weighted by atomic mass is 10.2. The molecule has 4 aromatic heterocycles. The van der Waals surface area contributed by atoms with E-state index >= 15 is 0 Å². The number of rotatable bonds is 5. The fraction of sp³-hybridized carbons (Fsp3) is 0.368. The zero-order chi connectivity index (χ0) is 19.8. The maximum Gasteiger partial charge on any atom is 0.283 e. The Balaban J connectivity index is 1.49. The number of nitrogens with zero attached hydrogens (tertiary/aromatic N) is 5. The van der Waals surface area contributed by atoms with Crippen LogP contribution in [0, 0.1) is 13.8 Å². The molecule has 0 aromatic carbocycles. The summed E-state index contributed by atoms with van der Waals surface area (Å²) in [4.78, 5) is 15.3. The molecular formula is C19H19N5O2S3. The van der Waals surface area contributed by atoms with Crippen molar-refractivity contribution < 1.29 is 9.15 Å². The molecule has 0 saturated carbocycles. The van der Waals surface area contributed by atoms with Crippen molar-refractivity contribution >= 4 is 44.7 Å². The van der Waals surface area contributed by atoms with Crippen molar-refractivity contribution in [2.24, 2.45) is 0 Å². The fourth-order valence-corrected chi connectivity index (χ4v) is 5.82. The Kier molecular flexibility index (Phi) is 5.35. The van der Waals surface area contributed by atoms with Crippen molar-refractivity contribution in [2.45, 2.75) is 30.6 Å². The van der Waals surface area contributed by atoms with Gasteiger partial charge in [0.05, 0.1) is 24.6 Å². The lowest BCUT2D eigenvalue weighted by Crippen LogP contribution is -2.36. The van der Waals surface area contributed by atoms with Crippen molar-refractivity contribution in [3.8, 4) is 10.8 Å². The molecule has 0 spiro atoms. The summed E-state index contributed by atoms with van der Waals surface area (Å²) in [6.07, 6.45) is 0. The zero-order valence-electron chi connectivity index (χ0n) is 16.0. The van der Waals surface area contributed by atoms with Crippen LogP contribution in [0.1, 0.15) is 16.3 Å². The van der Waals surface area contributed by atoms with E-state index in [4.69, 9.17) is 19.1 Å². The summed E-state index contributed by atoms with van der Waals surface area (Å²) >= 11 is 4.71. The van der Waals surface area contributed by atoms with Gasteiger partial charge in [-0.15, -0.1) is 32.9 Å². The van der Waals surface area contributed by atoms with E-state index < -0.39 is 0 Å². The first kappa shape index (κ1) is 19.1. The fourth-order valence-electron chi connectivity index (χ4n) is 3.19. The Hall–Kier alpha value is -1.85. The smallest absolute Gasteiger partial charge is 0.283 e. The molecule has 0 N–H and O–H groups in total. The van der Waals surface area contributed by atoms with Gasteiger partial charge in [-0.1, -0.05) is 6.07 Å². The molecule has 0 unspecified atom stereocenters. The van der Waals surface area contributed by atoms with E-state index in [0.717, 1.165) is 52.2 Å². The largest absolute Gasteiger partial charge is 0.410 e. The quantitative estimate of drug-likeness (QED) is 0.418. The number of ether oxygens (including phenoxy) is 1. The highest BCUT2D eigenvalue weighted by atomic mass is 32.2. The second kappa shape index (κ2) is 8.11. The van der Waals surface area contributed by atoms with Gasteiger partial charge in [-0.25, -0.2) is 9.97 Å². The standard InChI is InChI=1S/C19H19N5O2S3/c1-11-12(2)28-17-15(11)18(21-14(20-17)10-24-5-7-25-8-6-24)29-19-23-22-16(26-19)13-4-3-9-27-13/h3-4,9H,5-8,10H2,1-2H3. The van der Waals surface area contributed by atoms with E-state index in [2.05, 4.69) is 28.9 Å². The lowest BCUT2D eigenvalue weighted by molar-refractivity contribution is 0.0330. The second-order valence-electron chi connectivity index (χ2n) is 6.75. The van der Waals surface area contributed by atoms with Gasteiger partial charge in [0, 0.05) is 23.4 Å². The van der Waals surface area contributed by atoms with E-state index in [1.54, 1.807) is 22.7 Å².